The Hall–Kier alpha value is -3.08. The highest BCUT2D eigenvalue weighted by Gasteiger charge is 2.09. The van der Waals surface area contributed by atoms with Crippen LogP contribution in [0, 0.1) is 0 Å². The molecule has 0 saturated carbocycles. The average molecular weight is 290 g/mol. The van der Waals surface area contributed by atoms with Gasteiger partial charge in [0.05, 0.1) is 23.8 Å². The van der Waals surface area contributed by atoms with E-state index in [1.54, 1.807) is 6.33 Å². The lowest BCUT2D eigenvalue weighted by atomic mass is 10.1. The first-order valence-corrected chi connectivity index (χ1v) is 7.07. The Morgan fingerprint density at radius 2 is 2.00 bits per heavy atom. The molecule has 0 atom stereocenters. The van der Waals surface area contributed by atoms with Crippen LogP contribution in [0.5, 0.6) is 0 Å². The highest BCUT2D eigenvalue weighted by atomic mass is 16.1. The molecule has 0 aliphatic carbocycles. The van der Waals surface area contributed by atoms with Crippen molar-refractivity contribution >= 4 is 33.5 Å². The minimum atomic E-state index is -0.0383. The minimum Gasteiger partial charge on any atom is -0.361 e. The van der Waals surface area contributed by atoms with Crippen LogP contribution in [-0.2, 0) is 11.2 Å². The number of hydrogen-bond acceptors (Lipinski definition) is 2. The Balaban J connectivity index is 1.54. The van der Waals surface area contributed by atoms with Gasteiger partial charge < -0.3 is 15.3 Å². The molecule has 2 aromatic heterocycles. The third-order valence-corrected chi connectivity index (χ3v) is 3.73. The van der Waals surface area contributed by atoms with Crippen LogP contribution in [0.1, 0.15) is 5.56 Å². The van der Waals surface area contributed by atoms with Gasteiger partial charge in [0.2, 0.25) is 5.91 Å². The molecule has 4 aromatic rings. The molecule has 1 amide bonds. The molecule has 3 N–H and O–H groups in total. The van der Waals surface area contributed by atoms with Crippen LogP contribution >= 0.6 is 0 Å². The average Bonchev–Trinajstić information content (AvgIpc) is 3.14. The number of rotatable bonds is 3. The zero-order valence-electron chi connectivity index (χ0n) is 11.8. The van der Waals surface area contributed by atoms with E-state index < -0.39 is 0 Å². The van der Waals surface area contributed by atoms with E-state index in [0.29, 0.717) is 6.42 Å². The smallest absolute Gasteiger partial charge is 0.228 e. The summed E-state index contributed by atoms with van der Waals surface area (Å²) in [5, 5.41) is 4.01. The number of H-pyrrole nitrogens is 2. The van der Waals surface area contributed by atoms with Gasteiger partial charge in [-0.1, -0.05) is 18.2 Å². The van der Waals surface area contributed by atoms with Crippen molar-refractivity contribution in [2.45, 2.75) is 6.42 Å². The van der Waals surface area contributed by atoms with Crippen molar-refractivity contribution < 1.29 is 4.79 Å². The molecule has 0 aliphatic rings. The molecule has 0 bridgehead atoms. The van der Waals surface area contributed by atoms with Crippen molar-refractivity contribution in [1.29, 1.82) is 0 Å². The third-order valence-electron chi connectivity index (χ3n) is 3.73. The molecule has 0 radical (unpaired) electrons. The summed E-state index contributed by atoms with van der Waals surface area (Å²) in [6.45, 7) is 0. The van der Waals surface area contributed by atoms with Crippen LogP contribution < -0.4 is 5.32 Å². The molecule has 2 heterocycles. The number of imidazole rings is 1. The summed E-state index contributed by atoms with van der Waals surface area (Å²) in [6, 6.07) is 13.6. The van der Waals surface area contributed by atoms with Crippen LogP contribution in [-0.4, -0.2) is 20.9 Å². The number of anilines is 1. The summed E-state index contributed by atoms with van der Waals surface area (Å²) in [5.74, 6) is -0.0383. The third kappa shape index (κ3) is 2.22. The molecule has 0 saturated heterocycles. The molecule has 0 unspecified atom stereocenters. The van der Waals surface area contributed by atoms with Crippen molar-refractivity contribution in [2.24, 2.45) is 0 Å². The van der Waals surface area contributed by atoms with E-state index in [2.05, 4.69) is 20.3 Å². The van der Waals surface area contributed by atoms with Gasteiger partial charge in [0.25, 0.3) is 0 Å². The Kier molecular flexibility index (Phi) is 2.89. The number of hydrogen-bond donors (Lipinski definition) is 3. The van der Waals surface area contributed by atoms with Gasteiger partial charge in [-0.25, -0.2) is 4.98 Å². The quantitative estimate of drug-likeness (QED) is 0.542. The van der Waals surface area contributed by atoms with Gasteiger partial charge >= 0.3 is 0 Å². The lowest BCUT2D eigenvalue weighted by Crippen LogP contribution is -2.14. The number of amides is 1. The van der Waals surface area contributed by atoms with Gasteiger partial charge in [0, 0.05) is 22.8 Å². The molecule has 4 rings (SSSR count). The van der Waals surface area contributed by atoms with E-state index in [4.69, 9.17) is 0 Å². The maximum absolute atomic E-state index is 12.2. The summed E-state index contributed by atoms with van der Waals surface area (Å²) >= 11 is 0. The van der Waals surface area contributed by atoms with Crippen LogP contribution in [0.4, 0.5) is 5.69 Å². The SMILES string of the molecule is O=C(Cc1c[nH]c2ccccc12)Nc1ccc2nc[nH]c2c1. The van der Waals surface area contributed by atoms with Crippen molar-refractivity contribution in [3.8, 4) is 0 Å². The number of carbonyl (C=O) groups excluding carboxylic acids is 1. The summed E-state index contributed by atoms with van der Waals surface area (Å²) in [4.78, 5) is 22.6. The Labute approximate surface area is 126 Å². The van der Waals surface area contributed by atoms with Gasteiger partial charge in [-0.05, 0) is 29.8 Å². The fourth-order valence-corrected chi connectivity index (χ4v) is 2.67. The Bertz CT molecular complexity index is 967. The standard InChI is InChI=1S/C17H14N4O/c22-17(7-11-9-18-14-4-2-1-3-13(11)14)21-12-5-6-15-16(8-12)20-10-19-15/h1-6,8-10,18H,7H2,(H,19,20)(H,21,22). The lowest BCUT2D eigenvalue weighted by molar-refractivity contribution is -0.115. The maximum Gasteiger partial charge on any atom is 0.228 e. The highest BCUT2D eigenvalue weighted by Crippen LogP contribution is 2.19. The van der Waals surface area contributed by atoms with Crippen LogP contribution in [0.15, 0.2) is 55.0 Å². The summed E-state index contributed by atoms with van der Waals surface area (Å²) < 4.78 is 0. The monoisotopic (exact) mass is 290 g/mol. The number of aromatic amines is 2. The normalized spacial score (nSPS) is 11.1. The maximum atomic E-state index is 12.2. The number of nitrogens with one attached hydrogen (secondary N) is 3. The number of para-hydroxylation sites is 1. The van der Waals surface area contributed by atoms with E-state index in [0.717, 1.165) is 33.2 Å². The van der Waals surface area contributed by atoms with E-state index in [1.165, 1.54) is 0 Å². The summed E-state index contributed by atoms with van der Waals surface area (Å²) in [6.07, 6.45) is 3.87. The van der Waals surface area contributed by atoms with Crippen molar-refractivity contribution in [3.63, 3.8) is 0 Å². The van der Waals surface area contributed by atoms with E-state index in [9.17, 15) is 4.79 Å². The molecule has 5 nitrogen and oxygen atoms in total. The van der Waals surface area contributed by atoms with Crippen LogP contribution in [0.25, 0.3) is 21.9 Å². The number of nitrogens with zero attached hydrogens (tertiary/aromatic N) is 1. The molecule has 0 spiro atoms. The van der Waals surface area contributed by atoms with Gasteiger partial charge in [-0.3, -0.25) is 4.79 Å². The second-order valence-corrected chi connectivity index (χ2v) is 5.22. The molecular weight excluding hydrogens is 276 g/mol. The fraction of sp³-hybridized carbons (Fsp3) is 0.0588. The van der Waals surface area contributed by atoms with E-state index in [1.807, 2.05) is 48.7 Å². The number of carbonyl (C=O) groups is 1. The molecule has 2 aromatic carbocycles. The first kappa shape index (κ1) is 12.6. The Morgan fingerprint density at radius 3 is 2.95 bits per heavy atom. The van der Waals surface area contributed by atoms with Gasteiger partial charge in [0.15, 0.2) is 0 Å². The number of aromatic nitrogens is 3. The first-order valence-electron chi connectivity index (χ1n) is 7.07. The molecule has 5 heteroatoms. The molecule has 108 valence electrons. The second-order valence-electron chi connectivity index (χ2n) is 5.22. The predicted molar refractivity (Wildman–Crippen MR) is 86.7 cm³/mol. The largest absolute Gasteiger partial charge is 0.361 e. The second kappa shape index (κ2) is 5.04. The predicted octanol–water partition coefficient (Wildman–Crippen LogP) is 3.23. The Morgan fingerprint density at radius 1 is 1.09 bits per heavy atom. The van der Waals surface area contributed by atoms with Gasteiger partial charge in [0.1, 0.15) is 0 Å². The van der Waals surface area contributed by atoms with Crippen molar-refractivity contribution in [1.82, 2.24) is 15.0 Å². The molecular formula is C17H14N4O. The molecule has 0 aliphatic heterocycles. The zero-order chi connectivity index (χ0) is 14.9. The topological polar surface area (TPSA) is 73.6 Å². The van der Waals surface area contributed by atoms with Crippen LogP contribution in [0.2, 0.25) is 0 Å². The fourth-order valence-electron chi connectivity index (χ4n) is 2.67. The van der Waals surface area contributed by atoms with Crippen molar-refractivity contribution in [3.05, 3.63) is 60.6 Å². The minimum absolute atomic E-state index is 0.0383. The summed E-state index contributed by atoms with van der Waals surface area (Å²) in [5.41, 5.74) is 4.60. The first-order chi connectivity index (χ1) is 10.8. The van der Waals surface area contributed by atoms with E-state index in [-0.39, 0.29) is 5.91 Å². The van der Waals surface area contributed by atoms with E-state index >= 15 is 0 Å². The van der Waals surface area contributed by atoms with Gasteiger partial charge in [-0.2, -0.15) is 0 Å². The summed E-state index contributed by atoms with van der Waals surface area (Å²) in [7, 11) is 0. The number of benzene rings is 2. The zero-order valence-corrected chi connectivity index (χ0v) is 11.8. The molecule has 0 fully saturated rings. The van der Waals surface area contributed by atoms with Gasteiger partial charge in [-0.15, -0.1) is 0 Å². The lowest BCUT2D eigenvalue weighted by Gasteiger charge is -2.05. The van der Waals surface area contributed by atoms with Crippen molar-refractivity contribution in [2.75, 3.05) is 5.32 Å². The van der Waals surface area contributed by atoms with Crippen LogP contribution in [0.3, 0.4) is 0 Å². The highest BCUT2D eigenvalue weighted by molar-refractivity contribution is 5.97. The molecule has 22 heavy (non-hydrogen) atoms. The number of fused-ring (bicyclic) bond motifs is 2.